The fourth-order valence-electron chi connectivity index (χ4n) is 7.30. The summed E-state index contributed by atoms with van der Waals surface area (Å²) in [5.41, 5.74) is 12.1. The number of hydrogen-bond donors (Lipinski definition) is 1. The van der Waals surface area contributed by atoms with E-state index in [0.717, 1.165) is 40.7 Å². The van der Waals surface area contributed by atoms with Crippen molar-refractivity contribution in [1.82, 2.24) is 4.57 Å². The van der Waals surface area contributed by atoms with Gasteiger partial charge < -0.3 is 10.2 Å². The molecule has 3 heterocycles. The number of allylic oxidation sites excluding steroid dienone is 2. The quantitative estimate of drug-likeness (QED) is 0.235. The van der Waals surface area contributed by atoms with Gasteiger partial charge in [-0.05, 0) is 79.4 Å². The Morgan fingerprint density at radius 1 is 0.619 bits per heavy atom. The van der Waals surface area contributed by atoms with Crippen molar-refractivity contribution in [3.8, 4) is 5.69 Å². The fourth-order valence-corrected chi connectivity index (χ4v) is 7.30. The Labute approximate surface area is 245 Å². The first-order valence-electron chi connectivity index (χ1n) is 14.9. The molecule has 0 saturated carbocycles. The zero-order valence-corrected chi connectivity index (χ0v) is 23.2. The van der Waals surface area contributed by atoms with Gasteiger partial charge in [0.25, 0.3) is 0 Å². The van der Waals surface area contributed by atoms with Crippen LogP contribution in [0.2, 0.25) is 0 Å². The second kappa shape index (κ2) is 9.15. The lowest BCUT2D eigenvalue weighted by molar-refractivity contribution is 0.634. The van der Waals surface area contributed by atoms with E-state index in [1.165, 1.54) is 46.4 Å². The first kappa shape index (κ1) is 23.5. The molecule has 42 heavy (non-hydrogen) atoms. The molecule has 202 valence electrons. The standard InChI is InChI=1S/C38H30N4/c1-3-13-26(14-4-1)40-28-17-11-18-29(25-28)41-34-23-9-7-19-30(34)31-21-12-22-33(37(31)41)39-36-32-20-8-10-24-35(32)42(38(36)40)27-15-5-2-6-16-27/h1-6,8,10-18,20-25,30,39H,7,9,19H2. The molecule has 0 fully saturated rings. The highest BCUT2D eigenvalue weighted by Crippen LogP contribution is 2.57. The zero-order valence-electron chi connectivity index (χ0n) is 23.2. The minimum absolute atomic E-state index is 0.426. The van der Waals surface area contributed by atoms with Gasteiger partial charge in [0.15, 0.2) is 0 Å². The van der Waals surface area contributed by atoms with E-state index in [4.69, 9.17) is 0 Å². The van der Waals surface area contributed by atoms with E-state index in [0.29, 0.717) is 5.92 Å². The minimum Gasteiger partial charge on any atom is -0.350 e. The predicted molar refractivity (Wildman–Crippen MR) is 174 cm³/mol. The van der Waals surface area contributed by atoms with Crippen LogP contribution in [0.25, 0.3) is 16.6 Å². The Kier molecular flexibility index (Phi) is 5.12. The van der Waals surface area contributed by atoms with Gasteiger partial charge in [-0.3, -0.25) is 9.47 Å². The monoisotopic (exact) mass is 542 g/mol. The largest absolute Gasteiger partial charge is 0.350 e. The summed E-state index contributed by atoms with van der Waals surface area (Å²) in [5.74, 6) is 1.52. The molecule has 4 nitrogen and oxygen atoms in total. The van der Waals surface area contributed by atoms with Crippen molar-refractivity contribution in [2.75, 3.05) is 15.1 Å². The minimum atomic E-state index is 0.426. The van der Waals surface area contributed by atoms with Crippen molar-refractivity contribution >= 4 is 50.8 Å². The topological polar surface area (TPSA) is 23.4 Å². The summed E-state index contributed by atoms with van der Waals surface area (Å²) in [6.07, 6.45) is 6.02. The van der Waals surface area contributed by atoms with Crippen LogP contribution in [-0.4, -0.2) is 4.57 Å². The van der Waals surface area contributed by atoms with Crippen LogP contribution in [0, 0.1) is 0 Å². The number of para-hydroxylation sites is 4. The van der Waals surface area contributed by atoms with Crippen molar-refractivity contribution < 1.29 is 0 Å². The number of rotatable bonds is 2. The lowest BCUT2D eigenvalue weighted by atomic mass is 9.88. The van der Waals surface area contributed by atoms with Crippen LogP contribution in [0.3, 0.4) is 0 Å². The maximum atomic E-state index is 4.04. The first-order valence-corrected chi connectivity index (χ1v) is 14.9. The van der Waals surface area contributed by atoms with Crippen molar-refractivity contribution in [3.05, 3.63) is 145 Å². The van der Waals surface area contributed by atoms with E-state index in [2.05, 4.69) is 153 Å². The Bertz CT molecular complexity index is 2000. The Balaban J connectivity index is 1.44. The number of hydrogen-bond acceptors (Lipinski definition) is 3. The van der Waals surface area contributed by atoms with Crippen molar-refractivity contribution in [1.29, 1.82) is 0 Å². The third-order valence-electron chi connectivity index (χ3n) is 9.03. The molecule has 3 aliphatic rings. The molecule has 1 atom stereocenters. The van der Waals surface area contributed by atoms with Crippen molar-refractivity contribution in [3.63, 3.8) is 0 Å². The second-order valence-electron chi connectivity index (χ2n) is 11.4. The Morgan fingerprint density at radius 2 is 1.31 bits per heavy atom. The predicted octanol–water partition coefficient (Wildman–Crippen LogP) is 10.5. The van der Waals surface area contributed by atoms with Crippen LogP contribution in [0.15, 0.2) is 139 Å². The number of fused-ring (bicyclic) bond motifs is 9. The molecule has 5 aromatic carbocycles. The van der Waals surface area contributed by atoms with Crippen LogP contribution >= 0.6 is 0 Å². The zero-order chi connectivity index (χ0) is 27.6. The highest BCUT2D eigenvalue weighted by molar-refractivity contribution is 6.08. The van der Waals surface area contributed by atoms with Crippen LogP contribution in [0.5, 0.6) is 0 Å². The molecule has 1 N–H and O–H groups in total. The number of aromatic nitrogens is 1. The van der Waals surface area contributed by atoms with Gasteiger partial charge in [-0.2, -0.15) is 0 Å². The van der Waals surface area contributed by atoms with E-state index < -0.39 is 0 Å². The molecule has 0 amide bonds. The van der Waals surface area contributed by atoms with E-state index in [9.17, 15) is 0 Å². The summed E-state index contributed by atoms with van der Waals surface area (Å²) in [6.45, 7) is 0. The summed E-state index contributed by atoms with van der Waals surface area (Å²) in [6, 6.07) is 46.1. The van der Waals surface area contributed by atoms with Gasteiger partial charge >= 0.3 is 0 Å². The molecule has 0 spiro atoms. The van der Waals surface area contributed by atoms with E-state index in [1.54, 1.807) is 0 Å². The van der Waals surface area contributed by atoms with Crippen LogP contribution in [0.4, 0.5) is 39.9 Å². The van der Waals surface area contributed by atoms with Gasteiger partial charge in [0.2, 0.25) is 0 Å². The molecule has 2 aliphatic heterocycles. The van der Waals surface area contributed by atoms with Gasteiger partial charge in [0.05, 0.1) is 22.6 Å². The van der Waals surface area contributed by atoms with Crippen LogP contribution in [0.1, 0.15) is 30.7 Å². The van der Waals surface area contributed by atoms with Crippen molar-refractivity contribution in [2.24, 2.45) is 0 Å². The second-order valence-corrected chi connectivity index (χ2v) is 11.4. The molecule has 0 saturated heterocycles. The number of nitrogens with one attached hydrogen (secondary N) is 1. The highest BCUT2D eigenvalue weighted by atomic mass is 15.3. The average Bonchev–Trinajstić information content (AvgIpc) is 3.56. The molecule has 1 aliphatic carbocycles. The summed E-state index contributed by atoms with van der Waals surface area (Å²) < 4.78 is 2.40. The molecular weight excluding hydrogens is 512 g/mol. The fraction of sp³-hybridized carbons (Fsp3) is 0.105. The molecule has 0 radical (unpaired) electrons. The van der Waals surface area contributed by atoms with Gasteiger partial charge in [-0.1, -0.05) is 78.9 Å². The molecule has 4 heteroatoms. The van der Waals surface area contributed by atoms with Gasteiger partial charge in [-0.15, -0.1) is 0 Å². The number of benzene rings is 5. The Morgan fingerprint density at radius 3 is 2.14 bits per heavy atom. The summed E-state index contributed by atoms with van der Waals surface area (Å²) in [4.78, 5) is 4.94. The Hall–Kier alpha value is -5.22. The molecule has 6 aromatic rings. The highest BCUT2D eigenvalue weighted by Gasteiger charge is 2.39. The van der Waals surface area contributed by atoms with Gasteiger partial charge in [0.1, 0.15) is 5.82 Å². The molecule has 9 rings (SSSR count). The summed E-state index contributed by atoms with van der Waals surface area (Å²) in [7, 11) is 0. The SMILES string of the molecule is C1=C2C(CCC1)c1cccc3c1N2c1cccc(c1)N(c1ccccc1)c1c(c2ccccc2n1-c1ccccc1)N3. The van der Waals surface area contributed by atoms with Gasteiger partial charge in [0, 0.05) is 39.8 Å². The third kappa shape index (κ3) is 3.35. The van der Waals surface area contributed by atoms with Crippen LogP contribution < -0.4 is 15.1 Å². The third-order valence-corrected chi connectivity index (χ3v) is 9.03. The lowest BCUT2D eigenvalue weighted by Crippen LogP contribution is -2.20. The lowest BCUT2D eigenvalue weighted by Gasteiger charge is -2.32. The summed E-state index contributed by atoms with van der Waals surface area (Å²) in [5, 5.41) is 5.23. The summed E-state index contributed by atoms with van der Waals surface area (Å²) >= 11 is 0. The van der Waals surface area contributed by atoms with E-state index in [1.807, 2.05) is 0 Å². The van der Waals surface area contributed by atoms with E-state index in [-0.39, 0.29) is 0 Å². The maximum absolute atomic E-state index is 4.04. The molecule has 2 bridgehead atoms. The normalized spacial score (nSPS) is 16.8. The smallest absolute Gasteiger partial charge is 0.147 e. The number of anilines is 7. The first-order chi connectivity index (χ1) is 20.9. The van der Waals surface area contributed by atoms with Gasteiger partial charge in [-0.25, -0.2) is 0 Å². The number of nitrogens with zero attached hydrogens (tertiary/aromatic N) is 3. The van der Waals surface area contributed by atoms with E-state index >= 15 is 0 Å². The molecule has 1 unspecified atom stereocenters. The van der Waals surface area contributed by atoms with Crippen molar-refractivity contribution in [2.45, 2.75) is 25.2 Å². The maximum Gasteiger partial charge on any atom is 0.147 e. The molecular formula is C38H30N4. The average molecular weight is 543 g/mol. The van der Waals surface area contributed by atoms with Crippen LogP contribution in [-0.2, 0) is 0 Å². The molecule has 1 aromatic heterocycles.